The molecule has 1 aliphatic heterocycles. The smallest absolute Gasteiger partial charge is 0.123 e. The van der Waals surface area contributed by atoms with E-state index < -0.39 is 6.10 Å². The maximum Gasteiger partial charge on any atom is 0.123 e. The first-order chi connectivity index (χ1) is 10.1. The second kappa shape index (κ2) is 6.05. The van der Waals surface area contributed by atoms with E-state index in [1.54, 1.807) is 6.07 Å². The first-order valence-corrected chi connectivity index (χ1v) is 8.30. The zero-order chi connectivity index (χ0) is 14.9. The van der Waals surface area contributed by atoms with E-state index in [0.29, 0.717) is 6.42 Å². The summed E-state index contributed by atoms with van der Waals surface area (Å²) in [6.45, 7) is 4.22. The van der Waals surface area contributed by atoms with E-state index in [9.17, 15) is 9.50 Å². The highest BCUT2D eigenvalue weighted by Gasteiger charge is 2.45. The molecule has 3 rings (SSSR count). The van der Waals surface area contributed by atoms with E-state index in [4.69, 9.17) is 0 Å². The minimum atomic E-state index is -0.390. The lowest BCUT2D eigenvalue weighted by atomic mass is 9.84. The van der Waals surface area contributed by atoms with Crippen LogP contribution in [-0.2, 0) is 6.42 Å². The van der Waals surface area contributed by atoms with Gasteiger partial charge in [-0.15, -0.1) is 0 Å². The average Bonchev–Trinajstić information content (AvgIpc) is 3.13. The molecule has 0 spiro atoms. The fraction of sp³-hybridized carbons (Fsp3) is 0.667. The van der Waals surface area contributed by atoms with E-state index in [2.05, 4.69) is 4.90 Å². The minimum Gasteiger partial charge on any atom is -0.391 e. The Labute approximate surface area is 127 Å². The first-order valence-electron chi connectivity index (χ1n) is 8.30. The van der Waals surface area contributed by atoms with Crippen molar-refractivity contribution < 1.29 is 9.50 Å². The zero-order valence-corrected chi connectivity index (χ0v) is 12.9. The van der Waals surface area contributed by atoms with Crippen LogP contribution in [0.25, 0.3) is 0 Å². The molecule has 1 unspecified atom stereocenters. The Morgan fingerprint density at radius 2 is 1.86 bits per heavy atom. The van der Waals surface area contributed by atoms with Gasteiger partial charge in [0.1, 0.15) is 5.82 Å². The Morgan fingerprint density at radius 1 is 1.19 bits per heavy atom. The Hall–Kier alpha value is -0.930. The standard InChI is InChI=1S/C18H26FNO/c1-14-6-7-16(19)12-15(14)13-17(21)18(8-2-3-9-18)20-10-4-5-11-20/h6-7,12,17,21H,2-5,8-11,13H2,1H3. The van der Waals surface area contributed by atoms with Gasteiger partial charge in [-0.1, -0.05) is 18.9 Å². The molecule has 0 aromatic heterocycles. The van der Waals surface area contributed by atoms with Gasteiger partial charge in [0.2, 0.25) is 0 Å². The number of benzene rings is 1. The van der Waals surface area contributed by atoms with Crippen LogP contribution in [0.15, 0.2) is 18.2 Å². The Kier molecular flexibility index (Phi) is 4.32. The Morgan fingerprint density at radius 3 is 2.52 bits per heavy atom. The molecule has 2 aliphatic rings. The van der Waals surface area contributed by atoms with Gasteiger partial charge in [0.25, 0.3) is 0 Å². The zero-order valence-electron chi connectivity index (χ0n) is 12.9. The number of nitrogens with zero attached hydrogens (tertiary/aromatic N) is 1. The van der Waals surface area contributed by atoms with Crippen molar-refractivity contribution in [2.45, 2.75) is 63.5 Å². The summed E-state index contributed by atoms with van der Waals surface area (Å²) in [5, 5.41) is 11.0. The number of halogens is 1. The van der Waals surface area contributed by atoms with Crippen LogP contribution in [-0.4, -0.2) is 34.7 Å². The molecule has 1 saturated carbocycles. The van der Waals surface area contributed by atoms with E-state index in [-0.39, 0.29) is 11.4 Å². The topological polar surface area (TPSA) is 23.5 Å². The lowest BCUT2D eigenvalue weighted by Crippen LogP contribution is -2.54. The number of aryl methyl sites for hydroxylation is 1. The Balaban J connectivity index is 1.81. The monoisotopic (exact) mass is 291 g/mol. The summed E-state index contributed by atoms with van der Waals surface area (Å²) in [6, 6.07) is 4.90. The molecule has 1 aliphatic carbocycles. The van der Waals surface area contributed by atoms with Crippen LogP contribution < -0.4 is 0 Å². The van der Waals surface area contributed by atoms with Crippen molar-refractivity contribution >= 4 is 0 Å². The lowest BCUT2D eigenvalue weighted by Gasteiger charge is -2.43. The maximum atomic E-state index is 13.5. The van der Waals surface area contributed by atoms with Gasteiger partial charge in [0.15, 0.2) is 0 Å². The molecular formula is C18H26FNO. The molecule has 1 saturated heterocycles. The van der Waals surface area contributed by atoms with Crippen LogP contribution in [0.5, 0.6) is 0 Å². The number of hydrogen-bond donors (Lipinski definition) is 1. The van der Waals surface area contributed by atoms with Crippen molar-refractivity contribution in [2.24, 2.45) is 0 Å². The SMILES string of the molecule is Cc1ccc(F)cc1CC(O)C1(N2CCCC2)CCCC1. The van der Waals surface area contributed by atoms with Gasteiger partial charge >= 0.3 is 0 Å². The molecular weight excluding hydrogens is 265 g/mol. The number of likely N-dealkylation sites (tertiary alicyclic amines) is 1. The fourth-order valence-corrected chi connectivity index (χ4v) is 4.27. The molecule has 3 heteroatoms. The first kappa shape index (κ1) is 15.0. The van der Waals surface area contributed by atoms with Crippen LogP contribution in [0.1, 0.15) is 49.7 Å². The predicted molar refractivity (Wildman–Crippen MR) is 82.9 cm³/mol. The van der Waals surface area contributed by atoms with Crippen LogP contribution in [0.4, 0.5) is 4.39 Å². The number of aliphatic hydroxyl groups is 1. The molecule has 1 heterocycles. The van der Waals surface area contributed by atoms with Gasteiger partial charge in [-0.05, 0) is 69.0 Å². The normalized spacial score (nSPS) is 23.6. The summed E-state index contributed by atoms with van der Waals surface area (Å²) < 4.78 is 13.5. The van der Waals surface area contributed by atoms with Crippen molar-refractivity contribution in [1.82, 2.24) is 4.90 Å². The van der Waals surface area contributed by atoms with Gasteiger partial charge in [0, 0.05) is 12.0 Å². The van der Waals surface area contributed by atoms with Gasteiger partial charge < -0.3 is 5.11 Å². The second-order valence-electron chi connectivity index (χ2n) is 6.80. The van der Waals surface area contributed by atoms with E-state index in [1.165, 1.54) is 31.7 Å². The lowest BCUT2D eigenvalue weighted by molar-refractivity contribution is -0.0172. The third-order valence-electron chi connectivity index (χ3n) is 5.55. The molecule has 0 bridgehead atoms. The molecule has 1 atom stereocenters. The molecule has 2 nitrogen and oxygen atoms in total. The second-order valence-corrected chi connectivity index (χ2v) is 6.80. The fourth-order valence-electron chi connectivity index (χ4n) is 4.27. The summed E-state index contributed by atoms with van der Waals surface area (Å²) >= 11 is 0. The molecule has 1 aromatic carbocycles. The van der Waals surface area contributed by atoms with Crippen molar-refractivity contribution in [3.05, 3.63) is 35.1 Å². The van der Waals surface area contributed by atoms with Crippen LogP contribution in [0.2, 0.25) is 0 Å². The van der Waals surface area contributed by atoms with Gasteiger partial charge in [0.05, 0.1) is 6.10 Å². The molecule has 1 aromatic rings. The molecule has 0 radical (unpaired) electrons. The highest BCUT2D eigenvalue weighted by atomic mass is 19.1. The maximum absolute atomic E-state index is 13.5. The van der Waals surface area contributed by atoms with Crippen LogP contribution in [0, 0.1) is 12.7 Å². The average molecular weight is 291 g/mol. The van der Waals surface area contributed by atoms with E-state index >= 15 is 0 Å². The third kappa shape index (κ3) is 2.86. The largest absolute Gasteiger partial charge is 0.391 e. The predicted octanol–water partition coefficient (Wildman–Crippen LogP) is 3.45. The highest BCUT2D eigenvalue weighted by molar-refractivity contribution is 5.28. The van der Waals surface area contributed by atoms with Crippen LogP contribution >= 0.6 is 0 Å². The summed E-state index contributed by atoms with van der Waals surface area (Å²) in [5.41, 5.74) is 1.97. The molecule has 0 amide bonds. The van der Waals surface area contributed by atoms with Crippen molar-refractivity contribution in [2.75, 3.05) is 13.1 Å². The van der Waals surface area contributed by atoms with Crippen molar-refractivity contribution in [3.63, 3.8) is 0 Å². The summed E-state index contributed by atoms with van der Waals surface area (Å²) in [6.07, 6.45) is 7.25. The molecule has 1 N–H and O–H groups in total. The third-order valence-corrected chi connectivity index (χ3v) is 5.55. The van der Waals surface area contributed by atoms with E-state index in [0.717, 1.165) is 37.1 Å². The van der Waals surface area contributed by atoms with Gasteiger partial charge in [-0.25, -0.2) is 4.39 Å². The summed E-state index contributed by atoms with van der Waals surface area (Å²) in [7, 11) is 0. The molecule has 21 heavy (non-hydrogen) atoms. The van der Waals surface area contributed by atoms with Crippen molar-refractivity contribution in [1.29, 1.82) is 0 Å². The number of rotatable bonds is 4. The highest BCUT2D eigenvalue weighted by Crippen LogP contribution is 2.41. The Bertz CT molecular complexity index is 490. The summed E-state index contributed by atoms with van der Waals surface area (Å²) in [4.78, 5) is 2.51. The summed E-state index contributed by atoms with van der Waals surface area (Å²) in [5.74, 6) is -0.204. The minimum absolute atomic E-state index is 0.0603. The molecule has 116 valence electrons. The quantitative estimate of drug-likeness (QED) is 0.918. The van der Waals surface area contributed by atoms with Gasteiger partial charge in [-0.2, -0.15) is 0 Å². The molecule has 2 fully saturated rings. The van der Waals surface area contributed by atoms with Gasteiger partial charge in [-0.3, -0.25) is 4.90 Å². The van der Waals surface area contributed by atoms with Crippen molar-refractivity contribution in [3.8, 4) is 0 Å². The van der Waals surface area contributed by atoms with E-state index in [1.807, 2.05) is 13.0 Å². The number of hydrogen-bond acceptors (Lipinski definition) is 2. The van der Waals surface area contributed by atoms with Crippen LogP contribution in [0.3, 0.4) is 0 Å². The number of aliphatic hydroxyl groups excluding tert-OH is 1.